The van der Waals surface area contributed by atoms with Crippen LogP contribution in [0, 0.1) is 0 Å². The van der Waals surface area contributed by atoms with E-state index in [1.54, 1.807) is 9.96 Å². The number of amides is 3. The maximum absolute atomic E-state index is 12.2. The summed E-state index contributed by atoms with van der Waals surface area (Å²) < 4.78 is 11.7. The molecule has 5 rings (SSSR count). The summed E-state index contributed by atoms with van der Waals surface area (Å²) in [6.07, 6.45) is 4.33. The lowest BCUT2D eigenvalue weighted by Gasteiger charge is -2.49. The molecule has 2 saturated heterocycles. The van der Waals surface area contributed by atoms with Gasteiger partial charge in [0.1, 0.15) is 17.4 Å². The highest BCUT2D eigenvalue weighted by Gasteiger charge is 2.49. The summed E-state index contributed by atoms with van der Waals surface area (Å²) in [5.41, 5.74) is 0.702. The van der Waals surface area contributed by atoms with E-state index in [2.05, 4.69) is 5.32 Å². The van der Waals surface area contributed by atoms with Crippen molar-refractivity contribution in [3.8, 4) is 11.5 Å². The number of carbonyl (C=O) groups excluding carboxylic acids is 3. The Morgan fingerprint density at radius 3 is 2.71 bits per heavy atom. The number of likely N-dealkylation sites (tertiary alicyclic amines) is 1. The Morgan fingerprint density at radius 1 is 1.23 bits per heavy atom. The molecule has 31 heavy (non-hydrogen) atoms. The van der Waals surface area contributed by atoms with Gasteiger partial charge < -0.3 is 14.3 Å². The van der Waals surface area contributed by atoms with Gasteiger partial charge in [0.05, 0.1) is 19.6 Å². The molecule has 4 heterocycles. The van der Waals surface area contributed by atoms with Crippen molar-refractivity contribution >= 4 is 24.0 Å². The Kier molecular flexibility index (Phi) is 4.30. The average molecular weight is 427 g/mol. The standard InChI is InChI=1S/C22H25N3O6/c1-21(2,3)30-20(28)24-11-22(12-24)7-6-13-8-17-14(9-16(13)29-22)10-25(31-17)15-4-5-18(26)23-19(15)27/h6-9,15H,4-5,10-12H2,1-3H3,(H,23,26,27). The van der Waals surface area contributed by atoms with E-state index >= 15 is 0 Å². The summed E-state index contributed by atoms with van der Waals surface area (Å²) in [6, 6.07) is 3.32. The minimum Gasteiger partial charge on any atom is -0.479 e. The molecular weight excluding hydrogens is 402 g/mol. The first-order chi connectivity index (χ1) is 14.6. The summed E-state index contributed by atoms with van der Waals surface area (Å²) in [5.74, 6) is 0.814. The third kappa shape index (κ3) is 3.63. The monoisotopic (exact) mass is 427 g/mol. The predicted octanol–water partition coefficient (Wildman–Crippen LogP) is 2.00. The van der Waals surface area contributed by atoms with Crippen LogP contribution in [0.1, 0.15) is 44.7 Å². The smallest absolute Gasteiger partial charge is 0.410 e. The predicted molar refractivity (Wildman–Crippen MR) is 109 cm³/mol. The van der Waals surface area contributed by atoms with Crippen molar-refractivity contribution in [1.29, 1.82) is 0 Å². The minimum atomic E-state index is -0.555. The Hall–Kier alpha value is -3.07. The summed E-state index contributed by atoms with van der Waals surface area (Å²) >= 11 is 0. The van der Waals surface area contributed by atoms with E-state index in [9.17, 15) is 14.4 Å². The molecule has 4 aliphatic rings. The van der Waals surface area contributed by atoms with Crippen molar-refractivity contribution in [2.75, 3.05) is 13.1 Å². The van der Waals surface area contributed by atoms with Gasteiger partial charge in [0.15, 0.2) is 11.4 Å². The number of nitrogens with zero attached hydrogens (tertiary/aromatic N) is 2. The summed E-state index contributed by atoms with van der Waals surface area (Å²) in [7, 11) is 0. The molecule has 1 aromatic carbocycles. The van der Waals surface area contributed by atoms with Crippen LogP contribution >= 0.6 is 0 Å². The average Bonchev–Trinajstić information content (AvgIpc) is 3.04. The molecule has 1 spiro atoms. The number of piperidine rings is 1. The number of ether oxygens (including phenoxy) is 2. The van der Waals surface area contributed by atoms with E-state index < -0.39 is 17.2 Å². The van der Waals surface area contributed by atoms with Crippen LogP contribution in [0.5, 0.6) is 11.5 Å². The maximum atomic E-state index is 12.2. The molecule has 1 unspecified atom stereocenters. The molecule has 9 nitrogen and oxygen atoms in total. The third-order valence-corrected chi connectivity index (χ3v) is 5.74. The topological polar surface area (TPSA) is 97.4 Å². The number of rotatable bonds is 1. The van der Waals surface area contributed by atoms with Gasteiger partial charge in [-0.1, -0.05) is 6.08 Å². The molecule has 1 atom stereocenters. The van der Waals surface area contributed by atoms with Gasteiger partial charge in [-0.05, 0) is 45.4 Å². The van der Waals surface area contributed by atoms with E-state index in [4.69, 9.17) is 14.3 Å². The fraction of sp³-hybridized carbons (Fsp3) is 0.500. The van der Waals surface area contributed by atoms with Crippen molar-refractivity contribution < 1.29 is 28.7 Å². The van der Waals surface area contributed by atoms with Gasteiger partial charge in [0.2, 0.25) is 11.8 Å². The molecule has 1 aromatic rings. The van der Waals surface area contributed by atoms with Crippen LogP contribution in [0.25, 0.3) is 6.08 Å². The number of benzene rings is 1. The zero-order valence-corrected chi connectivity index (χ0v) is 17.8. The number of nitrogens with one attached hydrogen (secondary N) is 1. The molecule has 164 valence electrons. The van der Waals surface area contributed by atoms with Crippen LogP contribution in [-0.2, 0) is 20.9 Å². The van der Waals surface area contributed by atoms with Gasteiger partial charge in [-0.15, -0.1) is 5.06 Å². The molecule has 1 N–H and O–H groups in total. The number of hydroxylamine groups is 2. The lowest BCUT2D eigenvalue weighted by molar-refractivity contribution is -0.151. The molecule has 2 fully saturated rings. The lowest BCUT2D eigenvalue weighted by Crippen LogP contribution is -2.66. The maximum Gasteiger partial charge on any atom is 0.410 e. The fourth-order valence-electron chi connectivity index (χ4n) is 4.22. The first-order valence-electron chi connectivity index (χ1n) is 10.4. The quantitative estimate of drug-likeness (QED) is 0.685. The Labute approximate surface area is 179 Å². The largest absolute Gasteiger partial charge is 0.479 e. The number of imide groups is 1. The van der Waals surface area contributed by atoms with Crippen molar-refractivity contribution in [2.45, 2.75) is 57.4 Å². The first kappa shape index (κ1) is 19.9. The second-order valence-electron chi connectivity index (χ2n) is 9.47. The van der Waals surface area contributed by atoms with Crippen LogP contribution in [-0.4, -0.2) is 58.2 Å². The third-order valence-electron chi connectivity index (χ3n) is 5.74. The molecule has 0 aromatic heterocycles. The minimum absolute atomic E-state index is 0.252. The SMILES string of the molecule is CC(C)(C)OC(=O)N1CC2(C=Cc3cc4c(cc3O2)CN(C2CCC(=O)NC2=O)O4)C1. The molecule has 9 heteroatoms. The first-order valence-corrected chi connectivity index (χ1v) is 10.4. The second-order valence-corrected chi connectivity index (χ2v) is 9.47. The molecule has 0 bridgehead atoms. The van der Waals surface area contributed by atoms with Crippen LogP contribution < -0.4 is 14.9 Å². The van der Waals surface area contributed by atoms with Crippen molar-refractivity contribution in [2.24, 2.45) is 0 Å². The number of hydrogen-bond acceptors (Lipinski definition) is 7. The highest BCUT2D eigenvalue weighted by atomic mass is 16.7. The normalized spacial score (nSPS) is 24.0. The molecule has 3 amide bonds. The van der Waals surface area contributed by atoms with Crippen LogP contribution in [0.4, 0.5) is 4.79 Å². The number of hydrogen-bond donors (Lipinski definition) is 1. The highest BCUT2D eigenvalue weighted by molar-refractivity contribution is 6.00. The Balaban J connectivity index is 1.27. The summed E-state index contributed by atoms with van der Waals surface area (Å²) in [4.78, 5) is 43.4. The van der Waals surface area contributed by atoms with Gasteiger partial charge in [-0.3, -0.25) is 19.8 Å². The molecule has 0 saturated carbocycles. The van der Waals surface area contributed by atoms with Gasteiger partial charge in [0, 0.05) is 17.5 Å². The highest BCUT2D eigenvalue weighted by Crippen LogP contribution is 2.42. The van der Waals surface area contributed by atoms with Gasteiger partial charge in [-0.2, -0.15) is 0 Å². The Morgan fingerprint density at radius 2 is 2.00 bits per heavy atom. The van der Waals surface area contributed by atoms with E-state index in [0.717, 1.165) is 16.9 Å². The second kappa shape index (κ2) is 6.71. The molecule has 0 radical (unpaired) electrons. The van der Waals surface area contributed by atoms with Crippen LogP contribution in [0.2, 0.25) is 0 Å². The number of fused-ring (bicyclic) bond motifs is 2. The summed E-state index contributed by atoms with van der Waals surface area (Å²) in [6.45, 7) is 6.80. The zero-order chi connectivity index (χ0) is 22.0. The molecular formula is C22H25N3O6. The van der Waals surface area contributed by atoms with Crippen LogP contribution in [0.3, 0.4) is 0 Å². The van der Waals surface area contributed by atoms with Crippen LogP contribution in [0.15, 0.2) is 18.2 Å². The van der Waals surface area contributed by atoms with E-state index in [1.807, 2.05) is 45.1 Å². The van der Waals surface area contributed by atoms with Gasteiger partial charge >= 0.3 is 6.09 Å². The van der Waals surface area contributed by atoms with E-state index in [1.165, 1.54) is 0 Å². The van der Waals surface area contributed by atoms with Crippen molar-refractivity contribution in [3.05, 3.63) is 29.3 Å². The summed E-state index contributed by atoms with van der Waals surface area (Å²) in [5, 5.41) is 3.98. The van der Waals surface area contributed by atoms with Gasteiger partial charge in [0.25, 0.3) is 0 Å². The van der Waals surface area contributed by atoms with Crippen molar-refractivity contribution in [3.63, 3.8) is 0 Å². The molecule has 0 aliphatic carbocycles. The van der Waals surface area contributed by atoms with E-state index in [-0.39, 0.29) is 17.9 Å². The fourth-order valence-corrected chi connectivity index (χ4v) is 4.22. The number of carbonyl (C=O) groups is 3. The van der Waals surface area contributed by atoms with Gasteiger partial charge in [-0.25, -0.2) is 4.79 Å². The zero-order valence-electron chi connectivity index (χ0n) is 17.8. The Bertz CT molecular complexity index is 1010. The lowest BCUT2D eigenvalue weighted by atomic mass is 9.90. The van der Waals surface area contributed by atoms with E-state index in [0.29, 0.717) is 38.2 Å². The van der Waals surface area contributed by atoms with Crippen molar-refractivity contribution in [1.82, 2.24) is 15.3 Å². The molecule has 4 aliphatic heterocycles.